The molecule has 1 N–H and O–H groups in total. The van der Waals surface area contributed by atoms with Gasteiger partial charge in [-0.1, -0.05) is 35.4 Å². The third-order valence-electron chi connectivity index (χ3n) is 4.37. The van der Waals surface area contributed by atoms with Crippen molar-refractivity contribution in [2.24, 2.45) is 0 Å². The molecule has 8 heteroatoms. The fourth-order valence-corrected chi connectivity index (χ4v) is 3.71. The van der Waals surface area contributed by atoms with Crippen LogP contribution in [0.5, 0.6) is 11.5 Å². The number of nitrogens with one attached hydrogen (secondary N) is 1. The van der Waals surface area contributed by atoms with Crippen LogP contribution in [0.4, 0.5) is 5.69 Å². The molecule has 3 rings (SSSR count). The number of hydrogen-bond donors (Lipinski definition) is 1. The van der Waals surface area contributed by atoms with Gasteiger partial charge in [-0.25, -0.2) is 0 Å². The Labute approximate surface area is 179 Å². The number of amides is 1. The lowest BCUT2D eigenvalue weighted by molar-refractivity contribution is -0.118. The van der Waals surface area contributed by atoms with Crippen LogP contribution in [0.3, 0.4) is 0 Å². The molecule has 0 atom stereocenters. The molecule has 0 aromatic heterocycles. The van der Waals surface area contributed by atoms with Crippen LogP contribution in [0.15, 0.2) is 36.4 Å². The molecule has 1 amide bonds. The molecule has 0 saturated carbocycles. The molecule has 2 aromatic carbocycles. The molecule has 1 aliphatic heterocycles. The van der Waals surface area contributed by atoms with E-state index in [9.17, 15) is 4.79 Å². The highest BCUT2D eigenvalue weighted by molar-refractivity contribution is 7.80. The summed E-state index contributed by atoms with van der Waals surface area (Å²) >= 11 is 17.5. The number of likely N-dealkylation sites (tertiary alicyclic amines) is 1. The van der Waals surface area contributed by atoms with Crippen LogP contribution in [0.25, 0.3) is 0 Å². The first-order valence-electron chi connectivity index (χ1n) is 8.83. The van der Waals surface area contributed by atoms with Gasteiger partial charge in [0.2, 0.25) is 0 Å². The summed E-state index contributed by atoms with van der Waals surface area (Å²) in [4.78, 5) is 15.2. The lowest BCUT2D eigenvalue weighted by Crippen LogP contribution is -2.26. The van der Waals surface area contributed by atoms with Crippen LogP contribution in [-0.2, 0) is 4.79 Å². The molecule has 0 spiro atoms. The topological polar surface area (TPSA) is 50.8 Å². The van der Waals surface area contributed by atoms with E-state index in [1.807, 2.05) is 12.1 Å². The van der Waals surface area contributed by atoms with Crippen molar-refractivity contribution in [3.63, 3.8) is 0 Å². The molecule has 5 nitrogen and oxygen atoms in total. The van der Waals surface area contributed by atoms with Gasteiger partial charge >= 0.3 is 0 Å². The van der Waals surface area contributed by atoms with Gasteiger partial charge in [0, 0.05) is 23.7 Å². The van der Waals surface area contributed by atoms with Crippen LogP contribution in [0.1, 0.15) is 18.4 Å². The second-order valence-electron chi connectivity index (χ2n) is 6.33. The molecular formula is C20H20Cl2N2O3S. The van der Waals surface area contributed by atoms with Gasteiger partial charge in [0.15, 0.2) is 18.1 Å². The third-order valence-corrected chi connectivity index (χ3v) is 5.41. The Hall–Kier alpha value is -2.02. The minimum atomic E-state index is -0.345. The Morgan fingerprint density at radius 1 is 1.14 bits per heavy atom. The number of rotatable bonds is 6. The minimum absolute atomic E-state index is 0.189. The molecule has 1 saturated heterocycles. The van der Waals surface area contributed by atoms with E-state index in [1.165, 1.54) is 0 Å². The Balaban J connectivity index is 1.63. The van der Waals surface area contributed by atoms with Gasteiger partial charge in [0.1, 0.15) is 4.99 Å². The fourth-order valence-electron chi connectivity index (χ4n) is 2.94. The first kappa shape index (κ1) is 20.7. The molecule has 0 radical (unpaired) electrons. The van der Waals surface area contributed by atoms with Crippen LogP contribution in [0.2, 0.25) is 10.0 Å². The van der Waals surface area contributed by atoms with E-state index < -0.39 is 0 Å². The molecule has 1 heterocycles. The molecule has 2 aromatic rings. The van der Waals surface area contributed by atoms with Gasteiger partial charge in [0.05, 0.1) is 17.8 Å². The normalized spacial score (nSPS) is 13.3. The Bertz CT molecular complexity index is 886. The van der Waals surface area contributed by atoms with Crippen molar-refractivity contribution < 1.29 is 14.3 Å². The van der Waals surface area contributed by atoms with E-state index in [1.54, 1.807) is 31.4 Å². The molecular weight excluding hydrogens is 419 g/mol. The highest BCUT2D eigenvalue weighted by atomic mass is 35.5. The summed E-state index contributed by atoms with van der Waals surface area (Å²) in [5, 5.41) is 3.54. The van der Waals surface area contributed by atoms with Crippen molar-refractivity contribution in [3.05, 3.63) is 52.0 Å². The van der Waals surface area contributed by atoms with Crippen molar-refractivity contribution in [1.29, 1.82) is 0 Å². The second-order valence-corrected chi connectivity index (χ2v) is 7.56. The van der Waals surface area contributed by atoms with Crippen molar-refractivity contribution in [1.82, 2.24) is 4.90 Å². The standard InChI is InChI=1S/C20H20Cl2N2O3S/c1-26-18-10-13(20(28)24-8-2-3-9-24)4-7-17(18)27-12-19(25)23-16-6-5-14(21)11-15(16)22/h4-7,10-11H,2-3,8-9,12H2,1H3,(H,23,25). The van der Waals surface area contributed by atoms with Crippen molar-refractivity contribution in [3.8, 4) is 11.5 Å². The molecule has 0 aliphatic carbocycles. The largest absolute Gasteiger partial charge is 0.493 e. The van der Waals surface area contributed by atoms with Gasteiger partial charge in [-0.3, -0.25) is 4.79 Å². The minimum Gasteiger partial charge on any atom is -0.493 e. The highest BCUT2D eigenvalue weighted by Gasteiger charge is 2.18. The summed E-state index contributed by atoms with van der Waals surface area (Å²) in [6, 6.07) is 10.3. The van der Waals surface area contributed by atoms with E-state index in [4.69, 9.17) is 44.9 Å². The molecule has 1 aliphatic rings. The number of carbonyl (C=O) groups is 1. The van der Waals surface area contributed by atoms with Gasteiger partial charge in [0.25, 0.3) is 5.91 Å². The number of ether oxygens (including phenoxy) is 2. The predicted molar refractivity (Wildman–Crippen MR) is 116 cm³/mol. The summed E-state index contributed by atoms with van der Waals surface area (Å²) in [5.41, 5.74) is 1.37. The number of thiocarbonyl (C=S) groups is 1. The zero-order valence-corrected chi connectivity index (χ0v) is 17.7. The summed E-state index contributed by atoms with van der Waals surface area (Å²) in [7, 11) is 1.55. The predicted octanol–water partition coefficient (Wildman–Crippen LogP) is 4.79. The zero-order valence-electron chi connectivity index (χ0n) is 15.3. The number of carbonyl (C=O) groups excluding carboxylic acids is 1. The van der Waals surface area contributed by atoms with Crippen LogP contribution in [0, 0.1) is 0 Å². The first-order chi connectivity index (χ1) is 13.5. The molecule has 0 bridgehead atoms. The maximum Gasteiger partial charge on any atom is 0.262 e. The lowest BCUT2D eigenvalue weighted by Gasteiger charge is -2.19. The van der Waals surface area contributed by atoms with Gasteiger partial charge < -0.3 is 19.7 Å². The van der Waals surface area contributed by atoms with Crippen LogP contribution < -0.4 is 14.8 Å². The average molecular weight is 439 g/mol. The maximum atomic E-state index is 12.2. The summed E-state index contributed by atoms with van der Waals surface area (Å²) < 4.78 is 11.0. The number of methoxy groups -OCH3 is 1. The van der Waals surface area contributed by atoms with E-state index in [2.05, 4.69) is 10.2 Å². The van der Waals surface area contributed by atoms with E-state index in [0.717, 1.165) is 36.5 Å². The summed E-state index contributed by atoms with van der Waals surface area (Å²) in [6.45, 7) is 1.77. The number of benzene rings is 2. The lowest BCUT2D eigenvalue weighted by atomic mass is 10.2. The van der Waals surface area contributed by atoms with E-state index >= 15 is 0 Å². The monoisotopic (exact) mass is 438 g/mol. The molecule has 148 valence electrons. The average Bonchev–Trinajstić information content (AvgIpc) is 3.22. The number of nitrogens with zero attached hydrogens (tertiary/aromatic N) is 1. The molecule has 0 unspecified atom stereocenters. The highest BCUT2D eigenvalue weighted by Crippen LogP contribution is 2.30. The smallest absolute Gasteiger partial charge is 0.262 e. The van der Waals surface area contributed by atoms with Crippen molar-refractivity contribution >= 4 is 52.0 Å². The maximum absolute atomic E-state index is 12.2. The number of hydrogen-bond acceptors (Lipinski definition) is 4. The third kappa shape index (κ3) is 5.07. The quantitative estimate of drug-likeness (QED) is 0.656. The molecule has 28 heavy (non-hydrogen) atoms. The van der Waals surface area contributed by atoms with Crippen molar-refractivity contribution in [2.75, 3.05) is 32.1 Å². The Kier molecular flexibility index (Phi) is 6.99. The van der Waals surface area contributed by atoms with Crippen molar-refractivity contribution in [2.45, 2.75) is 12.8 Å². The van der Waals surface area contributed by atoms with Crippen LogP contribution in [-0.4, -0.2) is 42.6 Å². The summed E-state index contributed by atoms with van der Waals surface area (Å²) in [6.07, 6.45) is 2.32. The van der Waals surface area contributed by atoms with Gasteiger partial charge in [-0.2, -0.15) is 0 Å². The van der Waals surface area contributed by atoms with E-state index in [-0.39, 0.29) is 12.5 Å². The first-order valence-corrected chi connectivity index (χ1v) is 9.99. The van der Waals surface area contributed by atoms with E-state index in [0.29, 0.717) is 27.2 Å². The van der Waals surface area contributed by atoms with Crippen LogP contribution >= 0.6 is 35.4 Å². The summed E-state index contributed by atoms with van der Waals surface area (Å²) in [5.74, 6) is 0.645. The fraction of sp³-hybridized carbons (Fsp3) is 0.300. The van der Waals surface area contributed by atoms with Gasteiger partial charge in [-0.05, 0) is 49.2 Å². The zero-order chi connectivity index (χ0) is 20.1. The number of anilines is 1. The number of halogens is 2. The Morgan fingerprint density at radius 2 is 1.89 bits per heavy atom. The van der Waals surface area contributed by atoms with Gasteiger partial charge in [-0.15, -0.1) is 0 Å². The second kappa shape index (κ2) is 9.45. The Morgan fingerprint density at radius 3 is 2.57 bits per heavy atom. The molecule has 1 fully saturated rings. The SMILES string of the molecule is COc1cc(C(=S)N2CCCC2)ccc1OCC(=O)Nc1ccc(Cl)cc1Cl.